The standard InChI is InChI=1S/C31H36N2O8S/c1-5-32(6-2)20-11-13-22-26(18-20)41-30(37)23(29(22)36)14-16-27-31(3,4)24-19-21(42(38,39)40)12-15-25(24)33(27)17-9-7-8-10-28(34)35/h11-16,18-19H,5-10,17H2,1-4H3,(H2,34,35,38,39,40)/p+1. The van der Waals surface area contributed by atoms with E-state index < -0.39 is 27.1 Å². The quantitative estimate of drug-likeness (QED) is 0.109. The Kier molecular flexibility index (Phi) is 8.93. The van der Waals surface area contributed by atoms with Crippen LogP contribution in [0.15, 0.2) is 56.6 Å². The summed E-state index contributed by atoms with van der Waals surface area (Å²) in [5.41, 5.74) is 1.85. The summed E-state index contributed by atoms with van der Waals surface area (Å²) >= 11 is 0. The molecule has 0 unspecified atom stereocenters. The van der Waals surface area contributed by atoms with E-state index in [1.807, 2.05) is 38.3 Å². The van der Waals surface area contributed by atoms with Crippen molar-refractivity contribution in [1.29, 1.82) is 0 Å². The highest BCUT2D eigenvalue weighted by Crippen LogP contribution is 2.42. The predicted molar refractivity (Wildman–Crippen MR) is 162 cm³/mol. The molecule has 1 aromatic heterocycles. The van der Waals surface area contributed by atoms with Crippen molar-refractivity contribution in [3.8, 4) is 5.75 Å². The van der Waals surface area contributed by atoms with Crippen LogP contribution in [0.4, 0.5) is 11.4 Å². The van der Waals surface area contributed by atoms with E-state index in [0.29, 0.717) is 36.8 Å². The molecule has 0 fully saturated rings. The highest BCUT2D eigenvalue weighted by Gasteiger charge is 2.44. The number of carbonyl (C=O) groups is 1. The second kappa shape index (κ2) is 12.1. The van der Waals surface area contributed by atoms with E-state index >= 15 is 0 Å². The van der Waals surface area contributed by atoms with Crippen LogP contribution in [0.1, 0.15) is 64.5 Å². The van der Waals surface area contributed by atoms with Crippen LogP contribution in [0.2, 0.25) is 0 Å². The molecule has 10 nitrogen and oxygen atoms in total. The van der Waals surface area contributed by atoms with Gasteiger partial charge in [-0.15, -0.1) is 0 Å². The number of rotatable bonds is 12. The topological polar surface area (TPSA) is 148 Å². The molecular weight excluding hydrogens is 560 g/mol. The fourth-order valence-corrected chi connectivity index (χ4v) is 6.07. The lowest BCUT2D eigenvalue weighted by molar-refractivity contribution is -0.438. The first-order valence-electron chi connectivity index (χ1n) is 14.0. The number of aromatic hydroxyl groups is 1. The van der Waals surface area contributed by atoms with Crippen molar-refractivity contribution in [3.63, 3.8) is 0 Å². The van der Waals surface area contributed by atoms with Gasteiger partial charge >= 0.3 is 11.6 Å². The summed E-state index contributed by atoms with van der Waals surface area (Å²) in [6.07, 6.45) is 5.15. The fraction of sp³-hybridized carbons (Fsp3) is 0.387. The molecule has 0 spiro atoms. The van der Waals surface area contributed by atoms with Crippen LogP contribution >= 0.6 is 0 Å². The minimum Gasteiger partial charge on any atom is -0.506 e. The number of benzene rings is 2. The van der Waals surface area contributed by atoms with Crippen LogP contribution in [0.25, 0.3) is 17.0 Å². The molecular formula is C31H37N2O8S+. The van der Waals surface area contributed by atoms with Crippen molar-refractivity contribution in [2.24, 2.45) is 0 Å². The summed E-state index contributed by atoms with van der Waals surface area (Å²) in [4.78, 5) is 25.8. The molecule has 0 saturated carbocycles. The monoisotopic (exact) mass is 597 g/mol. The number of carboxylic acid groups (broad SMARTS) is 1. The lowest BCUT2D eigenvalue weighted by Crippen LogP contribution is -2.28. The first-order valence-corrected chi connectivity index (χ1v) is 15.4. The van der Waals surface area contributed by atoms with Crippen molar-refractivity contribution in [3.05, 3.63) is 64.0 Å². The van der Waals surface area contributed by atoms with E-state index in [0.717, 1.165) is 30.2 Å². The molecule has 0 atom stereocenters. The summed E-state index contributed by atoms with van der Waals surface area (Å²) in [5.74, 6) is -1.06. The van der Waals surface area contributed by atoms with Gasteiger partial charge < -0.3 is 19.5 Å². The summed E-state index contributed by atoms with van der Waals surface area (Å²) in [6.45, 7) is 9.92. The number of hydrogen-bond donors (Lipinski definition) is 3. The summed E-state index contributed by atoms with van der Waals surface area (Å²) in [7, 11) is -4.43. The third kappa shape index (κ3) is 6.12. The van der Waals surface area contributed by atoms with E-state index in [1.165, 1.54) is 18.2 Å². The molecule has 3 aromatic rings. The molecule has 4 rings (SSSR count). The van der Waals surface area contributed by atoms with Gasteiger partial charge in [0.1, 0.15) is 23.4 Å². The number of allylic oxidation sites excluding steroid dienone is 1. The largest absolute Gasteiger partial charge is 0.506 e. The lowest BCUT2D eigenvalue weighted by Gasteiger charge is -2.21. The van der Waals surface area contributed by atoms with E-state index in [-0.39, 0.29) is 28.2 Å². The summed E-state index contributed by atoms with van der Waals surface area (Å²) < 4.78 is 41.0. The average molecular weight is 598 g/mol. The Hall–Kier alpha value is -3.96. The minimum absolute atomic E-state index is 0.0163. The molecule has 3 N–H and O–H groups in total. The molecule has 0 amide bonds. The van der Waals surface area contributed by atoms with Gasteiger partial charge in [-0.2, -0.15) is 13.0 Å². The minimum atomic E-state index is -4.43. The second-order valence-electron chi connectivity index (χ2n) is 10.9. The zero-order valence-electron chi connectivity index (χ0n) is 24.3. The van der Waals surface area contributed by atoms with Gasteiger partial charge in [-0.25, -0.2) is 4.79 Å². The maximum atomic E-state index is 13.0. The van der Waals surface area contributed by atoms with Crippen molar-refractivity contribution in [1.82, 2.24) is 0 Å². The first-order chi connectivity index (χ1) is 19.8. The molecule has 0 bridgehead atoms. The molecule has 2 aromatic carbocycles. The summed E-state index contributed by atoms with van der Waals surface area (Å²) in [5, 5.41) is 20.5. The smallest absolute Gasteiger partial charge is 0.347 e. The van der Waals surface area contributed by atoms with Gasteiger partial charge in [0.05, 0.1) is 15.7 Å². The normalized spacial score (nSPS) is 14.6. The highest BCUT2D eigenvalue weighted by atomic mass is 32.2. The van der Waals surface area contributed by atoms with E-state index in [2.05, 4.69) is 4.90 Å². The number of unbranched alkanes of at least 4 members (excludes halogenated alkanes) is 2. The van der Waals surface area contributed by atoms with Crippen LogP contribution in [-0.2, 0) is 20.3 Å². The SMILES string of the molecule is CCN(CC)c1ccc2c(O)c(/C=C/C3=[N+](CCCCCC(=O)O)c4ccc(S(=O)(=O)O)cc4C3(C)C)c(=O)oc2c1. The maximum absolute atomic E-state index is 13.0. The number of hydrogen-bond acceptors (Lipinski definition) is 7. The van der Waals surface area contributed by atoms with Gasteiger partial charge in [0.25, 0.3) is 10.1 Å². The van der Waals surface area contributed by atoms with Crippen molar-refractivity contribution < 1.29 is 37.0 Å². The van der Waals surface area contributed by atoms with Crippen LogP contribution in [-0.4, -0.2) is 59.1 Å². The van der Waals surface area contributed by atoms with Gasteiger partial charge in [0.15, 0.2) is 5.71 Å². The zero-order chi connectivity index (χ0) is 30.8. The Morgan fingerprint density at radius 3 is 2.40 bits per heavy atom. The molecule has 224 valence electrons. The zero-order valence-corrected chi connectivity index (χ0v) is 25.1. The van der Waals surface area contributed by atoms with Crippen molar-refractivity contribution >= 4 is 50.2 Å². The van der Waals surface area contributed by atoms with Gasteiger partial charge in [0, 0.05) is 55.4 Å². The van der Waals surface area contributed by atoms with E-state index in [9.17, 15) is 27.7 Å². The Morgan fingerprint density at radius 1 is 1.05 bits per heavy atom. The number of nitrogens with zero attached hydrogens (tertiary/aromatic N) is 2. The Bertz CT molecular complexity index is 1750. The number of anilines is 1. The number of fused-ring (bicyclic) bond motifs is 2. The first kappa shape index (κ1) is 31.0. The van der Waals surface area contributed by atoms with Gasteiger partial charge in [-0.1, -0.05) is 0 Å². The Morgan fingerprint density at radius 2 is 1.76 bits per heavy atom. The predicted octanol–water partition coefficient (Wildman–Crippen LogP) is 5.33. The Balaban J connectivity index is 1.77. The molecule has 0 radical (unpaired) electrons. The third-order valence-corrected chi connectivity index (χ3v) is 8.72. The van der Waals surface area contributed by atoms with Crippen LogP contribution in [0.5, 0.6) is 5.75 Å². The van der Waals surface area contributed by atoms with Gasteiger partial charge in [-0.05, 0) is 70.9 Å². The lowest BCUT2D eigenvalue weighted by atomic mass is 9.81. The number of aliphatic carboxylic acids is 1. The maximum Gasteiger partial charge on any atom is 0.347 e. The molecule has 11 heteroatoms. The average Bonchev–Trinajstić information content (AvgIpc) is 3.13. The molecule has 1 aliphatic heterocycles. The summed E-state index contributed by atoms with van der Waals surface area (Å²) in [6, 6.07) is 9.74. The molecule has 0 aliphatic carbocycles. The third-order valence-electron chi connectivity index (χ3n) is 7.87. The van der Waals surface area contributed by atoms with Crippen molar-refractivity contribution in [2.45, 2.75) is 63.7 Å². The van der Waals surface area contributed by atoms with E-state index in [4.69, 9.17) is 9.52 Å². The molecule has 1 aliphatic rings. The van der Waals surface area contributed by atoms with Crippen LogP contribution in [0, 0.1) is 0 Å². The van der Waals surface area contributed by atoms with Crippen LogP contribution < -0.4 is 10.5 Å². The second-order valence-corrected chi connectivity index (χ2v) is 12.3. The van der Waals surface area contributed by atoms with Crippen LogP contribution in [0.3, 0.4) is 0 Å². The molecule has 0 saturated heterocycles. The van der Waals surface area contributed by atoms with Gasteiger partial charge in [-0.3, -0.25) is 9.35 Å². The Labute approximate surface area is 245 Å². The fourth-order valence-electron chi connectivity index (χ4n) is 5.56. The van der Waals surface area contributed by atoms with E-state index in [1.54, 1.807) is 24.3 Å². The number of carboxylic acids is 1. The molecule has 42 heavy (non-hydrogen) atoms. The highest BCUT2D eigenvalue weighted by molar-refractivity contribution is 7.85. The van der Waals surface area contributed by atoms with Gasteiger partial charge in [0.2, 0.25) is 5.69 Å². The van der Waals surface area contributed by atoms with Crippen molar-refractivity contribution in [2.75, 3.05) is 24.5 Å². The molecule has 2 heterocycles.